The Bertz CT molecular complexity index is 563. The topological polar surface area (TPSA) is 115 Å². The molecule has 0 radical (unpaired) electrons. The third-order valence-electron chi connectivity index (χ3n) is 2.71. The highest BCUT2D eigenvalue weighted by Crippen LogP contribution is 2.03. The van der Waals surface area contributed by atoms with E-state index in [2.05, 4.69) is 10.6 Å². The largest absolute Gasteiger partial charge is 0.480 e. The molecular formula is C14H17N3O4S. The van der Waals surface area contributed by atoms with Crippen molar-refractivity contribution in [3.05, 3.63) is 35.9 Å². The smallest absolute Gasteiger partial charge is 0.326 e. The van der Waals surface area contributed by atoms with Gasteiger partial charge in [0.05, 0.1) is 12.8 Å². The molecule has 1 unspecified atom stereocenters. The number of nitrogens with zero attached hydrogens (tertiary/aromatic N) is 1. The fourth-order valence-electron chi connectivity index (χ4n) is 1.52. The molecule has 0 aliphatic heterocycles. The van der Waals surface area contributed by atoms with Crippen LogP contribution in [0.15, 0.2) is 34.6 Å². The summed E-state index contributed by atoms with van der Waals surface area (Å²) >= 11 is 1.52. The molecular weight excluding hydrogens is 306 g/mol. The molecule has 3 N–H and O–H groups in total. The summed E-state index contributed by atoms with van der Waals surface area (Å²) in [6, 6.07) is 4.28. The van der Waals surface area contributed by atoms with Crippen molar-refractivity contribution in [1.82, 2.24) is 10.6 Å². The first-order valence-electron chi connectivity index (χ1n) is 6.47. The van der Waals surface area contributed by atoms with Gasteiger partial charge in [-0.3, -0.25) is 4.79 Å². The molecule has 1 aromatic heterocycles. The number of carbonyl (C=O) groups is 2. The summed E-state index contributed by atoms with van der Waals surface area (Å²) in [6.07, 6.45) is 4.88. The van der Waals surface area contributed by atoms with E-state index in [1.165, 1.54) is 18.0 Å². The number of thioether (sulfide) groups is 1. The molecule has 1 heterocycles. The molecule has 118 valence electrons. The van der Waals surface area contributed by atoms with Gasteiger partial charge in [0.25, 0.3) is 5.91 Å². The van der Waals surface area contributed by atoms with Crippen LogP contribution in [0.5, 0.6) is 0 Å². The van der Waals surface area contributed by atoms with E-state index in [0.717, 1.165) is 6.20 Å². The van der Waals surface area contributed by atoms with Crippen molar-refractivity contribution < 1.29 is 19.1 Å². The molecule has 1 amide bonds. The zero-order valence-electron chi connectivity index (χ0n) is 12.0. The predicted octanol–water partition coefficient (Wildman–Crippen LogP) is 1.10. The minimum absolute atomic E-state index is 0.152. The van der Waals surface area contributed by atoms with Gasteiger partial charge in [-0.05, 0) is 30.6 Å². The molecule has 0 saturated carbocycles. The number of rotatable bonds is 9. The highest BCUT2D eigenvalue weighted by Gasteiger charge is 2.16. The van der Waals surface area contributed by atoms with Gasteiger partial charge in [0.2, 0.25) is 0 Å². The Morgan fingerprint density at radius 2 is 2.36 bits per heavy atom. The first-order chi connectivity index (χ1) is 10.6. The molecule has 0 aromatic carbocycles. The van der Waals surface area contributed by atoms with Crippen molar-refractivity contribution in [3.63, 3.8) is 0 Å². The number of hydrogen-bond acceptors (Lipinski definition) is 6. The van der Waals surface area contributed by atoms with Crippen molar-refractivity contribution in [1.29, 1.82) is 5.26 Å². The van der Waals surface area contributed by atoms with E-state index >= 15 is 0 Å². The molecule has 0 aliphatic carbocycles. The highest BCUT2D eigenvalue weighted by molar-refractivity contribution is 7.98. The number of nitriles is 1. The molecule has 1 rings (SSSR count). The Balaban J connectivity index is 2.58. The normalized spacial score (nSPS) is 12.3. The monoisotopic (exact) mass is 323 g/mol. The number of aliphatic carboxylic acids is 1. The minimum atomic E-state index is -1.03. The summed E-state index contributed by atoms with van der Waals surface area (Å²) in [5.41, 5.74) is -0.193. The molecule has 1 aromatic rings. The average molecular weight is 323 g/mol. The number of furan rings is 1. The Morgan fingerprint density at radius 3 is 2.91 bits per heavy atom. The standard InChI is InChI=1S/C14H17N3O4S/c1-22-6-4-12(14(19)20)16-8-10(7-15)13(18)17-9-11-3-2-5-21-11/h2-3,5,8,12,16H,4,6,9H2,1H3,(H,17,18)(H,19,20)/b10-8-. The fraction of sp³-hybridized carbons (Fsp3) is 0.357. The van der Waals surface area contributed by atoms with Crippen LogP contribution in [0.1, 0.15) is 12.2 Å². The summed E-state index contributed by atoms with van der Waals surface area (Å²) in [4.78, 5) is 22.9. The van der Waals surface area contributed by atoms with Crippen molar-refractivity contribution in [2.75, 3.05) is 12.0 Å². The second-order valence-corrected chi connectivity index (χ2v) is 5.26. The highest BCUT2D eigenvalue weighted by atomic mass is 32.2. The molecule has 0 bridgehead atoms. The van der Waals surface area contributed by atoms with Gasteiger partial charge < -0.3 is 20.2 Å². The lowest BCUT2D eigenvalue weighted by atomic mass is 10.2. The van der Waals surface area contributed by atoms with Crippen LogP contribution in [0.25, 0.3) is 0 Å². The molecule has 0 aliphatic rings. The predicted molar refractivity (Wildman–Crippen MR) is 81.8 cm³/mol. The number of hydrogen-bond donors (Lipinski definition) is 3. The molecule has 0 fully saturated rings. The maximum atomic E-state index is 11.8. The van der Waals surface area contributed by atoms with Crippen LogP contribution in [0, 0.1) is 11.3 Å². The number of carboxylic acid groups (broad SMARTS) is 1. The maximum absolute atomic E-state index is 11.8. The van der Waals surface area contributed by atoms with Crippen LogP contribution in [0.4, 0.5) is 0 Å². The van der Waals surface area contributed by atoms with E-state index in [0.29, 0.717) is 17.9 Å². The molecule has 7 nitrogen and oxygen atoms in total. The van der Waals surface area contributed by atoms with Gasteiger partial charge in [-0.2, -0.15) is 17.0 Å². The molecule has 0 saturated heterocycles. The number of nitrogens with one attached hydrogen (secondary N) is 2. The summed E-state index contributed by atoms with van der Waals surface area (Å²) < 4.78 is 5.06. The third-order valence-corrected chi connectivity index (χ3v) is 3.35. The number of carbonyl (C=O) groups excluding carboxylic acids is 1. The van der Waals surface area contributed by atoms with Crippen LogP contribution in [0.3, 0.4) is 0 Å². The second-order valence-electron chi connectivity index (χ2n) is 4.27. The van der Waals surface area contributed by atoms with E-state index in [9.17, 15) is 9.59 Å². The Kier molecular flexibility index (Phi) is 7.64. The van der Waals surface area contributed by atoms with E-state index in [1.54, 1.807) is 18.2 Å². The van der Waals surface area contributed by atoms with Crippen LogP contribution >= 0.6 is 11.8 Å². The summed E-state index contributed by atoms with van der Waals surface area (Å²) in [6.45, 7) is 0.152. The van der Waals surface area contributed by atoms with Gasteiger partial charge in [-0.1, -0.05) is 0 Å². The van der Waals surface area contributed by atoms with Crippen molar-refractivity contribution in [2.45, 2.75) is 19.0 Å². The van der Waals surface area contributed by atoms with Crippen LogP contribution in [-0.2, 0) is 16.1 Å². The molecule has 22 heavy (non-hydrogen) atoms. The average Bonchev–Trinajstić information content (AvgIpc) is 3.01. The summed E-state index contributed by atoms with van der Waals surface area (Å²) in [5.74, 6) is -0.411. The lowest BCUT2D eigenvalue weighted by Crippen LogP contribution is -2.35. The molecule has 8 heteroatoms. The van der Waals surface area contributed by atoms with Gasteiger partial charge in [0.15, 0.2) is 0 Å². The van der Waals surface area contributed by atoms with Crippen molar-refractivity contribution >= 4 is 23.6 Å². The van der Waals surface area contributed by atoms with Crippen LogP contribution in [-0.4, -0.2) is 35.0 Å². The Morgan fingerprint density at radius 1 is 1.59 bits per heavy atom. The first kappa shape index (κ1) is 17.7. The SMILES string of the molecule is CSCCC(N/C=C(/C#N)C(=O)NCc1ccco1)C(=O)O. The Labute approximate surface area is 132 Å². The minimum Gasteiger partial charge on any atom is -0.480 e. The lowest BCUT2D eigenvalue weighted by molar-refractivity contribution is -0.139. The Hall–Kier alpha value is -2.40. The first-order valence-corrected chi connectivity index (χ1v) is 7.86. The number of amides is 1. The zero-order valence-corrected chi connectivity index (χ0v) is 12.9. The van der Waals surface area contributed by atoms with Crippen molar-refractivity contribution in [2.24, 2.45) is 0 Å². The summed E-state index contributed by atoms with van der Waals surface area (Å²) in [7, 11) is 0. The lowest BCUT2D eigenvalue weighted by Gasteiger charge is -2.12. The fourth-order valence-corrected chi connectivity index (χ4v) is 1.99. The number of carboxylic acids is 1. The van der Waals surface area contributed by atoms with Gasteiger partial charge in [-0.25, -0.2) is 4.79 Å². The maximum Gasteiger partial charge on any atom is 0.326 e. The molecule has 0 spiro atoms. The van der Waals surface area contributed by atoms with Crippen LogP contribution in [0.2, 0.25) is 0 Å². The molecule has 1 atom stereocenters. The van der Waals surface area contributed by atoms with E-state index in [-0.39, 0.29) is 12.1 Å². The van der Waals surface area contributed by atoms with E-state index in [4.69, 9.17) is 14.8 Å². The van der Waals surface area contributed by atoms with E-state index < -0.39 is 17.9 Å². The van der Waals surface area contributed by atoms with Gasteiger partial charge in [-0.15, -0.1) is 0 Å². The zero-order chi connectivity index (χ0) is 16.4. The third kappa shape index (κ3) is 5.93. The summed E-state index contributed by atoms with van der Waals surface area (Å²) in [5, 5.41) is 23.2. The van der Waals surface area contributed by atoms with Gasteiger partial charge in [0, 0.05) is 6.20 Å². The van der Waals surface area contributed by atoms with E-state index in [1.807, 2.05) is 6.26 Å². The van der Waals surface area contributed by atoms with Crippen LogP contribution < -0.4 is 10.6 Å². The quantitative estimate of drug-likeness (QED) is 0.460. The van der Waals surface area contributed by atoms with Gasteiger partial charge in [0.1, 0.15) is 23.4 Å². The van der Waals surface area contributed by atoms with Crippen molar-refractivity contribution in [3.8, 4) is 6.07 Å². The second kappa shape index (κ2) is 9.52. The van der Waals surface area contributed by atoms with Gasteiger partial charge >= 0.3 is 5.97 Å².